The monoisotopic (exact) mass is 249 g/mol. The Labute approximate surface area is 109 Å². The van der Waals surface area contributed by atoms with Crippen LogP contribution in [0.1, 0.15) is 33.1 Å². The third kappa shape index (κ3) is 4.22. The Kier molecular flexibility index (Phi) is 4.88. The highest BCUT2D eigenvalue weighted by molar-refractivity contribution is 5.31. The Balaban J connectivity index is 1.78. The van der Waals surface area contributed by atoms with Crippen molar-refractivity contribution < 1.29 is 9.47 Å². The molecule has 0 saturated carbocycles. The molecule has 1 fully saturated rings. The second kappa shape index (κ2) is 6.64. The molecule has 3 heteroatoms. The predicted molar refractivity (Wildman–Crippen MR) is 73.3 cm³/mol. The number of ether oxygens (including phenoxy) is 2. The smallest absolute Gasteiger partial charge is 0.119 e. The largest absolute Gasteiger partial charge is 0.492 e. The van der Waals surface area contributed by atoms with Crippen molar-refractivity contribution in [1.82, 2.24) is 5.32 Å². The third-order valence-electron chi connectivity index (χ3n) is 3.06. The van der Waals surface area contributed by atoms with E-state index in [-0.39, 0.29) is 6.10 Å². The lowest BCUT2D eigenvalue weighted by atomic mass is 10.1. The average molecular weight is 249 g/mol. The zero-order valence-electron chi connectivity index (χ0n) is 11.3. The van der Waals surface area contributed by atoms with Crippen LogP contribution in [0.4, 0.5) is 0 Å². The van der Waals surface area contributed by atoms with Gasteiger partial charge in [-0.15, -0.1) is 0 Å². The van der Waals surface area contributed by atoms with Crippen LogP contribution in [0.2, 0.25) is 0 Å². The van der Waals surface area contributed by atoms with Crippen LogP contribution in [-0.4, -0.2) is 25.3 Å². The molecule has 1 aliphatic rings. The van der Waals surface area contributed by atoms with Gasteiger partial charge in [0, 0.05) is 6.04 Å². The van der Waals surface area contributed by atoms with E-state index in [0.29, 0.717) is 6.04 Å². The molecule has 0 radical (unpaired) electrons. The van der Waals surface area contributed by atoms with Crippen molar-refractivity contribution in [2.75, 3.05) is 13.2 Å². The summed E-state index contributed by atoms with van der Waals surface area (Å²) in [7, 11) is 0. The molecule has 1 atom stereocenters. The summed E-state index contributed by atoms with van der Waals surface area (Å²) in [5.74, 6) is 1.81. The minimum atomic E-state index is 0.211. The summed E-state index contributed by atoms with van der Waals surface area (Å²) in [5, 5.41) is 3.48. The minimum absolute atomic E-state index is 0.211. The van der Waals surface area contributed by atoms with Crippen LogP contribution < -0.4 is 14.8 Å². The summed E-state index contributed by atoms with van der Waals surface area (Å²) in [6, 6.07) is 8.37. The van der Waals surface area contributed by atoms with E-state index in [1.807, 2.05) is 38.1 Å². The fourth-order valence-electron chi connectivity index (χ4n) is 2.15. The molecule has 1 heterocycles. The Bertz CT molecular complexity index is 342. The fourth-order valence-corrected chi connectivity index (χ4v) is 2.15. The van der Waals surface area contributed by atoms with Gasteiger partial charge in [-0.25, -0.2) is 0 Å². The lowest BCUT2D eigenvalue weighted by molar-refractivity contribution is 0.234. The number of rotatable bonds is 5. The predicted octanol–water partition coefficient (Wildman–Crippen LogP) is 2.99. The third-order valence-corrected chi connectivity index (χ3v) is 3.06. The molecule has 1 aromatic rings. The van der Waals surface area contributed by atoms with Crippen LogP contribution in [0.5, 0.6) is 11.5 Å². The Morgan fingerprint density at radius 2 is 1.89 bits per heavy atom. The van der Waals surface area contributed by atoms with Crippen LogP contribution >= 0.6 is 0 Å². The number of piperidine rings is 1. The fraction of sp³-hybridized carbons (Fsp3) is 0.600. The van der Waals surface area contributed by atoms with Crippen LogP contribution in [0, 0.1) is 0 Å². The molecule has 0 unspecified atom stereocenters. The maximum atomic E-state index is 5.79. The Morgan fingerprint density at radius 1 is 1.17 bits per heavy atom. The number of hydrogen-bond donors (Lipinski definition) is 1. The van der Waals surface area contributed by atoms with Gasteiger partial charge >= 0.3 is 0 Å². The van der Waals surface area contributed by atoms with Crippen molar-refractivity contribution in [3.05, 3.63) is 24.3 Å². The SMILES string of the molecule is CC(C)Oc1ccc(OC[C@H]2CCCCN2)cc1. The topological polar surface area (TPSA) is 30.5 Å². The van der Waals surface area contributed by atoms with Gasteiger partial charge < -0.3 is 14.8 Å². The molecule has 1 saturated heterocycles. The number of hydrogen-bond acceptors (Lipinski definition) is 3. The van der Waals surface area contributed by atoms with Gasteiger partial charge in [0.1, 0.15) is 18.1 Å². The first kappa shape index (κ1) is 13.2. The molecule has 3 nitrogen and oxygen atoms in total. The summed E-state index contributed by atoms with van der Waals surface area (Å²) in [5.41, 5.74) is 0. The molecule has 2 rings (SSSR count). The zero-order valence-corrected chi connectivity index (χ0v) is 11.3. The first-order chi connectivity index (χ1) is 8.74. The van der Waals surface area contributed by atoms with E-state index in [0.717, 1.165) is 24.7 Å². The molecule has 18 heavy (non-hydrogen) atoms. The van der Waals surface area contributed by atoms with Gasteiger partial charge in [-0.3, -0.25) is 0 Å². The van der Waals surface area contributed by atoms with Crippen LogP contribution in [0.15, 0.2) is 24.3 Å². The second-order valence-electron chi connectivity index (χ2n) is 5.10. The lowest BCUT2D eigenvalue weighted by Crippen LogP contribution is -2.38. The molecule has 0 bridgehead atoms. The Hall–Kier alpha value is -1.22. The molecule has 0 spiro atoms. The van der Waals surface area contributed by atoms with E-state index in [2.05, 4.69) is 5.32 Å². The van der Waals surface area contributed by atoms with E-state index < -0.39 is 0 Å². The highest BCUT2D eigenvalue weighted by Crippen LogP contribution is 2.19. The van der Waals surface area contributed by atoms with E-state index in [1.165, 1.54) is 19.3 Å². The maximum Gasteiger partial charge on any atom is 0.119 e. The highest BCUT2D eigenvalue weighted by Gasteiger charge is 2.12. The molecule has 0 aromatic heterocycles. The van der Waals surface area contributed by atoms with Crippen molar-refractivity contribution in [1.29, 1.82) is 0 Å². The van der Waals surface area contributed by atoms with E-state index in [4.69, 9.17) is 9.47 Å². The molecule has 0 aliphatic carbocycles. The van der Waals surface area contributed by atoms with E-state index in [9.17, 15) is 0 Å². The van der Waals surface area contributed by atoms with Crippen molar-refractivity contribution in [3.63, 3.8) is 0 Å². The van der Waals surface area contributed by atoms with Gasteiger partial charge in [-0.05, 0) is 57.5 Å². The highest BCUT2D eigenvalue weighted by atomic mass is 16.5. The summed E-state index contributed by atoms with van der Waals surface area (Å²) >= 11 is 0. The van der Waals surface area contributed by atoms with Crippen molar-refractivity contribution >= 4 is 0 Å². The van der Waals surface area contributed by atoms with E-state index >= 15 is 0 Å². The van der Waals surface area contributed by atoms with Crippen molar-refractivity contribution in [2.24, 2.45) is 0 Å². The first-order valence-corrected chi connectivity index (χ1v) is 6.87. The Morgan fingerprint density at radius 3 is 2.50 bits per heavy atom. The minimum Gasteiger partial charge on any atom is -0.492 e. The van der Waals surface area contributed by atoms with Gasteiger partial charge in [0.2, 0.25) is 0 Å². The molecular weight excluding hydrogens is 226 g/mol. The zero-order chi connectivity index (χ0) is 12.8. The van der Waals surface area contributed by atoms with Gasteiger partial charge in [0.15, 0.2) is 0 Å². The first-order valence-electron chi connectivity index (χ1n) is 6.87. The van der Waals surface area contributed by atoms with Crippen LogP contribution in [-0.2, 0) is 0 Å². The quantitative estimate of drug-likeness (QED) is 0.870. The van der Waals surface area contributed by atoms with E-state index in [1.54, 1.807) is 0 Å². The normalized spacial score (nSPS) is 19.8. The van der Waals surface area contributed by atoms with Crippen LogP contribution in [0.3, 0.4) is 0 Å². The summed E-state index contributed by atoms with van der Waals surface area (Å²) < 4.78 is 11.4. The second-order valence-corrected chi connectivity index (χ2v) is 5.10. The summed E-state index contributed by atoms with van der Waals surface area (Å²) in [4.78, 5) is 0. The van der Waals surface area contributed by atoms with Gasteiger partial charge in [0.25, 0.3) is 0 Å². The molecular formula is C15H23NO2. The lowest BCUT2D eigenvalue weighted by Gasteiger charge is -2.23. The number of nitrogens with one attached hydrogen (secondary N) is 1. The maximum absolute atomic E-state index is 5.79. The van der Waals surface area contributed by atoms with Crippen molar-refractivity contribution in [3.8, 4) is 11.5 Å². The molecule has 0 amide bonds. The number of benzene rings is 1. The molecule has 1 N–H and O–H groups in total. The molecule has 100 valence electrons. The average Bonchev–Trinajstić information content (AvgIpc) is 2.38. The molecule has 1 aliphatic heterocycles. The van der Waals surface area contributed by atoms with Gasteiger partial charge in [-0.2, -0.15) is 0 Å². The summed E-state index contributed by atoms with van der Waals surface area (Å²) in [6.07, 6.45) is 4.03. The van der Waals surface area contributed by atoms with Crippen molar-refractivity contribution in [2.45, 2.75) is 45.3 Å². The summed E-state index contributed by atoms with van der Waals surface area (Å²) in [6.45, 7) is 5.93. The van der Waals surface area contributed by atoms with Gasteiger partial charge in [0.05, 0.1) is 6.10 Å². The molecule has 1 aromatic carbocycles. The van der Waals surface area contributed by atoms with Crippen LogP contribution in [0.25, 0.3) is 0 Å². The van der Waals surface area contributed by atoms with Gasteiger partial charge in [-0.1, -0.05) is 6.42 Å². The standard InChI is InChI=1S/C15H23NO2/c1-12(2)18-15-8-6-14(7-9-15)17-11-13-5-3-4-10-16-13/h6-9,12-13,16H,3-5,10-11H2,1-2H3/t13-/m1/s1.